The number of rotatable bonds is 0. The van der Waals surface area contributed by atoms with Crippen molar-refractivity contribution in [1.82, 2.24) is 0 Å². The van der Waals surface area contributed by atoms with Crippen LogP contribution in [0.4, 0.5) is 0 Å². The predicted molar refractivity (Wildman–Crippen MR) is 25.6 cm³/mol. The van der Waals surface area contributed by atoms with Crippen LogP contribution in [0.2, 0.25) is 0 Å². The van der Waals surface area contributed by atoms with E-state index in [9.17, 15) is 14.4 Å². The maximum atomic E-state index is 10.3. The first-order valence-electron chi connectivity index (χ1n) is 2.42. The molecule has 0 aromatic carbocycles. The van der Waals surface area contributed by atoms with Crippen molar-refractivity contribution in [3.63, 3.8) is 0 Å². The molecule has 1 aliphatic carbocycles. The van der Waals surface area contributed by atoms with E-state index in [-0.39, 0.29) is 6.42 Å². The molecule has 1 rings (SSSR count). The Labute approximate surface area is 50.5 Å². The lowest BCUT2D eigenvalue weighted by Gasteiger charge is -1.88. The molecule has 0 saturated heterocycles. The zero-order valence-corrected chi connectivity index (χ0v) is 4.46. The van der Waals surface area contributed by atoms with Crippen LogP contribution in [0.1, 0.15) is 6.42 Å². The van der Waals surface area contributed by atoms with Crippen LogP contribution in [0.3, 0.4) is 0 Å². The molecule has 9 heavy (non-hydrogen) atoms. The fraction of sp³-hybridized carbons (Fsp3) is 0.400. The largest absolute Gasteiger partial charge is 0.384 e. The molecule has 0 aromatic heterocycles. The normalized spacial score (nSPS) is 27.7. The van der Waals surface area contributed by atoms with Gasteiger partial charge in [-0.1, -0.05) is 0 Å². The number of carbonyl (C=O) groups is 3. The number of hydrogen-bond acceptors (Lipinski definition) is 4. The number of hydrogen-bond donors (Lipinski definition) is 1. The third-order valence-corrected chi connectivity index (χ3v) is 1.16. The van der Waals surface area contributed by atoms with Crippen molar-refractivity contribution in [2.24, 2.45) is 0 Å². The average molecular weight is 128 g/mol. The SMILES string of the molecule is O=C1CC(O)C(=O)C1=O. The molecule has 0 heterocycles. The first kappa shape index (κ1) is 6.10. The fourth-order valence-corrected chi connectivity index (χ4v) is 0.650. The van der Waals surface area contributed by atoms with Gasteiger partial charge in [-0.15, -0.1) is 0 Å². The van der Waals surface area contributed by atoms with Crippen LogP contribution in [0, 0.1) is 0 Å². The standard InChI is InChI=1S/C5H4O4/c6-2-1-3(7)5(9)4(2)8/h2,6H,1H2. The van der Waals surface area contributed by atoms with E-state index in [0.717, 1.165) is 0 Å². The summed E-state index contributed by atoms with van der Waals surface area (Å²) in [7, 11) is 0. The molecule has 4 nitrogen and oxygen atoms in total. The van der Waals surface area contributed by atoms with Gasteiger partial charge in [0.1, 0.15) is 6.10 Å². The quantitative estimate of drug-likeness (QED) is 0.401. The number of aliphatic hydroxyl groups is 1. The van der Waals surface area contributed by atoms with Gasteiger partial charge in [0.2, 0.25) is 11.6 Å². The monoisotopic (exact) mass is 128 g/mol. The Kier molecular flexibility index (Phi) is 1.17. The second kappa shape index (κ2) is 1.73. The molecule has 0 radical (unpaired) electrons. The van der Waals surface area contributed by atoms with Crippen molar-refractivity contribution >= 4 is 17.3 Å². The predicted octanol–water partition coefficient (Wildman–Crippen LogP) is -1.54. The van der Waals surface area contributed by atoms with Crippen molar-refractivity contribution in [2.75, 3.05) is 0 Å². The van der Waals surface area contributed by atoms with Gasteiger partial charge in [0.05, 0.1) is 0 Å². The lowest BCUT2D eigenvalue weighted by molar-refractivity contribution is -0.141. The number of Topliss-reactive ketones (excluding diaryl/α,β-unsaturated/α-hetero) is 3. The summed E-state index contributed by atoms with van der Waals surface area (Å²) in [4.78, 5) is 30.8. The Bertz CT molecular complexity index is 193. The molecular formula is C5H4O4. The Morgan fingerprint density at radius 1 is 1.33 bits per heavy atom. The molecule has 0 aliphatic heterocycles. The van der Waals surface area contributed by atoms with Gasteiger partial charge in [0, 0.05) is 6.42 Å². The van der Waals surface area contributed by atoms with Crippen LogP contribution in [0.25, 0.3) is 0 Å². The number of ketones is 3. The molecule has 1 unspecified atom stereocenters. The number of aliphatic hydroxyl groups excluding tert-OH is 1. The van der Waals surface area contributed by atoms with Gasteiger partial charge in [-0.3, -0.25) is 14.4 Å². The summed E-state index contributed by atoms with van der Waals surface area (Å²) < 4.78 is 0. The van der Waals surface area contributed by atoms with E-state index in [1.165, 1.54) is 0 Å². The third kappa shape index (κ3) is 0.768. The molecule has 1 N–H and O–H groups in total. The van der Waals surface area contributed by atoms with Crippen LogP contribution in [0.5, 0.6) is 0 Å². The Balaban J connectivity index is 2.90. The van der Waals surface area contributed by atoms with Gasteiger partial charge < -0.3 is 5.11 Å². The summed E-state index contributed by atoms with van der Waals surface area (Å²) >= 11 is 0. The highest BCUT2D eigenvalue weighted by Gasteiger charge is 2.38. The molecule has 0 aromatic rings. The highest BCUT2D eigenvalue weighted by Crippen LogP contribution is 2.06. The zero-order chi connectivity index (χ0) is 7.02. The minimum Gasteiger partial charge on any atom is -0.384 e. The van der Waals surface area contributed by atoms with Crippen LogP contribution in [-0.4, -0.2) is 28.6 Å². The van der Waals surface area contributed by atoms with E-state index in [2.05, 4.69) is 0 Å². The topological polar surface area (TPSA) is 71.4 Å². The molecular weight excluding hydrogens is 124 g/mol. The second-order valence-electron chi connectivity index (χ2n) is 1.84. The van der Waals surface area contributed by atoms with Crippen LogP contribution in [-0.2, 0) is 14.4 Å². The van der Waals surface area contributed by atoms with Gasteiger partial charge in [-0.25, -0.2) is 0 Å². The van der Waals surface area contributed by atoms with E-state index in [1.807, 2.05) is 0 Å². The van der Waals surface area contributed by atoms with Gasteiger partial charge in [-0.05, 0) is 0 Å². The first-order valence-corrected chi connectivity index (χ1v) is 2.42. The fourth-order valence-electron chi connectivity index (χ4n) is 0.650. The highest BCUT2D eigenvalue weighted by molar-refractivity contribution is 6.68. The van der Waals surface area contributed by atoms with E-state index in [0.29, 0.717) is 0 Å². The van der Waals surface area contributed by atoms with Gasteiger partial charge in [0.25, 0.3) is 5.78 Å². The maximum absolute atomic E-state index is 10.3. The highest BCUT2D eigenvalue weighted by atomic mass is 16.3. The molecule has 1 aliphatic rings. The second-order valence-corrected chi connectivity index (χ2v) is 1.84. The van der Waals surface area contributed by atoms with Crippen molar-refractivity contribution in [3.05, 3.63) is 0 Å². The Hall–Kier alpha value is -1.03. The summed E-state index contributed by atoms with van der Waals surface area (Å²) in [6.45, 7) is 0. The van der Waals surface area contributed by atoms with Gasteiger partial charge in [-0.2, -0.15) is 0 Å². The average Bonchev–Trinajstić information content (AvgIpc) is 1.98. The van der Waals surface area contributed by atoms with Crippen LogP contribution in [0.15, 0.2) is 0 Å². The summed E-state index contributed by atoms with van der Waals surface area (Å²) in [5, 5.41) is 8.55. The van der Waals surface area contributed by atoms with E-state index in [1.54, 1.807) is 0 Å². The van der Waals surface area contributed by atoms with Crippen LogP contribution >= 0.6 is 0 Å². The van der Waals surface area contributed by atoms with Crippen molar-refractivity contribution < 1.29 is 19.5 Å². The maximum Gasteiger partial charge on any atom is 0.266 e. The third-order valence-electron chi connectivity index (χ3n) is 1.16. The molecule has 48 valence electrons. The smallest absolute Gasteiger partial charge is 0.266 e. The zero-order valence-electron chi connectivity index (χ0n) is 4.46. The molecule has 0 amide bonds. The summed E-state index contributed by atoms with van der Waals surface area (Å²) in [5.74, 6) is -2.82. The van der Waals surface area contributed by atoms with Crippen LogP contribution < -0.4 is 0 Å². The summed E-state index contributed by atoms with van der Waals surface area (Å²) in [6, 6.07) is 0. The van der Waals surface area contributed by atoms with E-state index in [4.69, 9.17) is 5.11 Å². The minimum absolute atomic E-state index is 0.336. The molecule has 1 fully saturated rings. The summed E-state index contributed by atoms with van der Waals surface area (Å²) in [6.07, 6.45) is -1.71. The van der Waals surface area contributed by atoms with Crippen molar-refractivity contribution in [2.45, 2.75) is 12.5 Å². The first-order chi connectivity index (χ1) is 4.13. The molecule has 1 saturated carbocycles. The van der Waals surface area contributed by atoms with E-state index < -0.39 is 23.5 Å². The van der Waals surface area contributed by atoms with Crippen molar-refractivity contribution in [1.29, 1.82) is 0 Å². The summed E-state index contributed by atoms with van der Waals surface area (Å²) in [5.41, 5.74) is 0. The van der Waals surface area contributed by atoms with Gasteiger partial charge >= 0.3 is 0 Å². The minimum atomic E-state index is -1.37. The van der Waals surface area contributed by atoms with Crippen molar-refractivity contribution in [3.8, 4) is 0 Å². The lowest BCUT2D eigenvalue weighted by Crippen LogP contribution is -2.18. The molecule has 4 heteroatoms. The molecule has 0 spiro atoms. The molecule has 0 bridgehead atoms. The Morgan fingerprint density at radius 3 is 2.00 bits per heavy atom. The number of carbonyl (C=O) groups excluding carboxylic acids is 3. The van der Waals surface area contributed by atoms with E-state index >= 15 is 0 Å². The lowest BCUT2D eigenvalue weighted by atomic mass is 10.3. The Morgan fingerprint density at radius 2 is 1.89 bits per heavy atom. The van der Waals surface area contributed by atoms with Gasteiger partial charge in [0.15, 0.2) is 0 Å². The molecule has 1 atom stereocenters.